The molecular weight excluding hydrogens is 170 g/mol. The second kappa shape index (κ2) is 4.18. The van der Waals surface area contributed by atoms with E-state index >= 15 is 0 Å². The van der Waals surface area contributed by atoms with Crippen LogP contribution in [-0.2, 0) is 14.3 Å². The number of ether oxygens (including phenoxy) is 1. The molecule has 13 heavy (non-hydrogen) atoms. The monoisotopic (exact) mass is 183 g/mol. The first-order chi connectivity index (χ1) is 6.11. The number of carbonyl (C=O) groups is 2. The highest BCUT2D eigenvalue weighted by Gasteiger charge is 2.20. The summed E-state index contributed by atoms with van der Waals surface area (Å²) in [6.45, 7) is 1.33. The lowest BCUT2D eigenvalue weighted by Gasteiger charge is -2.20. The Morgan fingerprint density at radius 2 is 2.31 bits per heavy atom. The fraction of sp³-hybridized carbons (Fsp3) is 0.556. The van der Waals surface area contributed by atoms with Crippen molar-refractivity contribution in [3.05, 3.63) is 11.8 Å². The van der Waals surface area contributed by atoms with E-state index in [1.165, 1.54) is 13.0 Å². The van der Waals surface area contributed by atoms with Gasteiger partial charge in [0.1, 0.15) is 5.76 Å². The van der Waals surface area contributed by atoms with Crippen LogP contribution in [-0.4, -0.2) is 24.8 Å². The van der Waals surface area contributed by atoms with E-state index in [1.807, 2.05) is 0 Å². The number of rotatable bonds is 2. The van der Waals surface area contributed by atoms with E-state index in [9.17, 15) is 9.59 Å². The molecule has 0 aromatic rings. The molecule has 1 rings (SSSR count). The number of hydrogen-bond acceptors (Lipinski definition) is 4. The third kappa shape index (κ3) is 2.99. The molecule has 72 valence electrons. The molecule has 1 N–H and O–H groups in total. The molecule has 0 aromatic carbocycles. The summed E-state index contributed by atoms with van der Waals surface area (Å²) in [5.74, 6) is 0.0840. The molecule has 0 aromatic heterocycles. The third-order valence-corrected chi connectivity index (χ3v) is 1.90. The number of carbonyl (C=O) groups excluding carboxylic acids is 2. The van der Waals surface area contributed by atoms with Crippen molar-refractivity contribution in [2.75, 3.05) is 7.05 Å². The normalized spacial score (nSPS) is 22.5. The van der Waals surface area contributed by atoms with E-state index in [0.29, 0.717) is 18.6 Å². The van der Waals surface area contributed by atoms with Gasteiger partial charge in [0.05, 0.1) is 0 Å². The van der Waals surface area contributed by atoms with E-state index in [2.05, 4.69) is 5.32 Å². The second-order valence-electron chi connectivity index (χ2n) is 3.06. The summed E-state index contributed by atoms with van der Waals surface area (Å²) in [5, 5.41) is 2.98. The average Bonchev–Trinajstić information content (AvgIpc) is 2.01. The molecule has 1 aliphatic carbocycles. The minimum Gasteiger partial charge on any atom is -0.431 e. The zero-order chi connectivity index (χ0) is 9.84. The first-order valence-corrected chi connectivity index (χ1v) is 4.21. The molecule has 0 aliphatic heterocycles. The summed E-state index contributed by atoms with van der Waals surface area (Å²) < 4.78 is 4.86. The van der Waals surface area contributed by atoms with Crippen molar-refractivity contribution in [1.29, 1.82) is 0 Å². The van der Waals surface area contributed by atoms with Gasteiger partial charge in [-0.2, -0.15) is 0 Å². The predicted molar refractivity (Wildman–Crippen MR) is 46.9 cm³/mol. The Kier molecular flexibility index (Phi) is 3.19. The summed E-state index contributed by atoms with van der Waals surface area (Å²) in [4.78, 5) is 21.7. The second-order valence-corrected chi connectivity index (χ2v) is 3.06. The van der Waals surface area contributed by atoms with Crippen LogP contribution in [0.2, 0.25) is 0 Å². The van der Waals surface area contributed by atoms with E-state index in [-0.39, 0.29) is 17.8 Å². The molecule has 1 atom stereocenters. The zero-order valence-electron chi connectivity index (χ0n) is 7.79. The van der Waals surface area contributed by atoms with Crippen LogP contribution in [0.15, 0.2) is 11.8 Å². The number of esters is 1. The Morgan fingerprint density at radius 1 is 1.62 bits per heavy atom. The van der Waals surface area contributed by atoms with Crippen LogP contribution in [0.5, 0.6) is 0 Å². The first-order valence-electron chi connectivity index (χ1n) is 4.21. The van der Waals surface area contributed by atoms with Crippen molar-refractivity contribution in [2.24, 2.45) is 0 Å². The largest absolute Gasteiger partial charge is 0.431 e. The van der Waals surface area contributed by atoms with E-state index in [1.54, 1.807) is 7.05 Å². The van der Waals surface area contributed by atoms with Gasteiger partial charge in [-0.1, -0.05) is 0 Å². The SMILES string of the molecule is CNC1CC(=O)C=C(OC(C)=O)C1. The lowest BCUT2D eigenvalue weighted by atomic mass is 9.99. The molecule has 0 bridgehead atoms. The highest BCUT2D eigenvalue weighted by Crippen LogP contribution is 2.16. The van der Waals surface area contributed by atoms with Crippen LogP contribution in [0.25, 0.3) is 0 Å². The van der Waals surface area contributed by atoms with Crippen LogP contribution >= 0.6 is 0 Å². The van der Waals surface area contributed by atoms with Gasteiger partial charge in [-0.15, -0.1) is 0 Å². The van der Waals surface area contributed by atoms with Crippen molar-refractivity contribution >= 4 is 11.8 Å². The average molecular weight is 183 g/mol. The highest BCUT2D eigenvalue weighted by atomic mass is 16.5. The zero-order valence-corrected chi connectivity index (χ0v) is 7.79. The Hall–Kier alpha value is -1.16. The summed E-state index contributed by atoms with van der Waals surface area (Å²) in [5.41, 5.74) is 0. The van der Waals surface area contributed by atoms with Gasteiger partial charge in [-0.05, 0) is 7.05 Å². The first kappa shape index (κ1) is 9.92. The molecule has 0 heterocycles. The Morgan fingerprint density at radius 3 is 2.85 bits per heavy atom. The van der Waals surface area contributed by atoms with Gasteiger partial charge in [0.15, 0.2) is 5.78 Å². The Bertz CT molecular complexity index is 258. The van der Waals surface area contributed by atoms with Crippen molar-refractivity contribution in [3.8, 4) is 0 Å². The van der Waals surface area contributed by atoms with Gasteiger partial charge >= 0.3 is 5.97 Å². The van der Waals surface area contributed by atoms with Gasteiger partial charge in [0.2, 0.25) is 0 Å². The fourth-order valence-corrected chi connectivity index (χ4v) is 1.32. The molecule has 4 nitrogen and oxygen atoms in total. The van der Waals surface area contributed by atoms with Crippen LogP contribution in [0.1, 0.15) is 19.8 Å². The van der Waals surface area contributed by atoms with Crippen molar-refractivity contribution < 1.29 is 14.3 Å². The number of ketones is 1. The van der Waals surface area contributed by atoms with Gasteiger partial charge in [0, 0.05) is 31.9 Å². The number of nitrogens with one attached hydrogen (secondary N) is 1. The molecule has 0 spiro atoms. The topological polar surface area (TPSA) is 55.4 Å². The van der Waals surface area contributed by atoms with E-state index in [4.69, 9.17) is 4.74 Å². The molecule has 0 saturated carbocycles. The summed E-state index contributed by atoms with van der Waals surface area (Å²) in [6, 6.07) is 0.0897. The van der Waals surface area contributed by atoms with Gasteiger partial charge in [0.25, 0.3) is 0 Å². The maximum absolute atomic E-state index is 11.1. The van der Waals surface area contributed by atoms with Crippen molar-refractivity contribution in [3.63, 3.8) is 0 Å². The minimum atomic E-state index is -0.379. The van der Waals surface area contributed by atoms with Crippen LogP contribution in [0, 0.1) is 0 Å². The van der Waals surface area contributed by atoms with Gasteiger partial charge in [-0.25, -0.2) is 0 Å². The molecule has 0 fully saturated rings. The third-order valence-electron chi connectivity index (χ3n) is 1.90. The lowest BCUT2D eigenvalue weighted by Crippen LogP contribution is -2.31. The smallest absolute Gasteiger partial charge is 0.307 e. The summed E-state index contributed by atoms with van der Waals surface area (Å²) in [6.07, 6.45) is 2.47. The standard InChI is InChI=1S/C9H13NO3/c1-6(11)13-9-4-7(10-2)3-8(12)5-9/h5,7,10H,3-4H2,1-2H3. The fourth-order valence-electron chi connectivity index (χ4n) is 1.32. The Labute approximate surface area is 76.9 Å². The quantitative estimate of drug-likeness (QED) is 0.629. The lowest BCUT2D eigenvalue weighted by molar-refractivity contribution is -0.137. The maximum atomic E-state index is 11.1. The minimum absolute atomic E-state index is 0.00171. The van der Waals surface area contributed by atoms with Crippen molar-refractivity contribution in [1.82, 2.24) is 5.32 Å². The molecule has 0 amide bonds. The molecular formula is C9H13NO3. The molecule has 0 radical (unpaired) electrons. The highest BCUT2D eigenvalue weighted by molar-refractivity contribution is 5.91. The van der Waals surface area contributed by atoms with E-state index in [0.717, 1.165) is 0 Å². The van der Waals surface area contributed by atoms with E-state index < -0.39 is 0 Å². The maximum Gasteiger partial charge on any atom is 0.307 e. The van der Waals surface area contributed by atoms with Gasteiger partial charge < -0.3 is 10.1 Å². The molecule has 1 aliphatic rings. The number of allylic oxidation sites excluding steroid dienone is 1. The Balaban J connectivity index is 2.63. The summed E-state index contributed by atoms with van der Waals surface area (Å²) >= 11 is 0. The van der Waals surface area contributed by atoms with Crippen LogP contribution in [0.4, 0.5) is 0 Å². The van der Waals surface area contributed by atoms with Gasteiger partial charge in [-0.3, -0.25) is 9.59 Å². The van der Waals surface area contributed by atoms with Crippen LogP contribution in [0.3, 0.4) is 0 Å². The molecule has 4 heteroatoms. The predicted octanol–water partition coefficient (Wildman–Crippen LogP) is 0.384. The van der Waals surface area contributed by atoms with Crippen molar-refractivity contribution in [2.45, 2.75) is 25.8 Å². The van der Waals surface area contributed by atoms with Crippen LogP contribution < -0.4 is 5.32 Å². The number of hydrogen-bond donors (Lipinski definition) is 1. The summed E-state index contributed by atoms with van der Waals surface area (Å²) in [7, 11) is 1.79. The molecule has 1 unspecified atom stereocenters. The molecule has 0 saturated heterocycles.